The molecule has 0 radical (unpaired) electrons. The molecule has 2 unspecified atom stereocenters. The van der Waals surface area contributed by atoms with Crippen molar-refractivity contribution in [1.82, 2.24) is 14.8 Å². The summed E-state index contributed by atoms with van der Waals surface area (Å²) in [6.07, 6.45) is 1.93. The average Bonchev–Trinajstić information content (AvgIpc) is 3.49. The van der Waals surface area contributed by atoms with Crippen molar-refractivity contribution >= 4 is 28.3 Å². The number of nitrogens with zero attached hydrogens (tertiary/aromatic N) is 4. The molecule has 1 amide bonds. The smallest absolute Gasteiger partial charge is 0.310 e. The molecule has 2 aromatic carbocycles. The molecule has 3 heterocycles. The Morgan fingerprint density at radius 3 is 2.57 bits per heavy atom. The van der Waals surface area contributed by atoms with E-state index in [1.807, 2.05) is 20.0 Å². The number of carbonyl (C=O) groups is 2. The van der Waals surface area contributed by atoms with Crippen LogP contribution in [0.1, 0.15) is 42.0 Å². The first kappa shape index (κ1) is 28.7. The molecule has 2 aliphatic heterocycles. The molecule has 1 aromatic heterocycles. The van der Waals surface area contributed by atoms with Crippen molar-refractivity contribution < 1.29 is 19.4 Å². The highest BCUT2D eigenvalue weighted by molar-refractivity contribution is 7.14. The van der Waals surface area contributed by atoms with Gasteiger partial charge in [0.1, 0.15) is 12.4 Å². The van der Waals surface area contributed by atoms with E-state index in [1.54, 1.807) is 16.2 Å². The van der Waals surface area contributed by atoms with Crippen LogP contribution in [0, 0.1) is 31.1 Å². The molecule has 2 bridgehead atoms. The van der Waals surface area contributed by atoms with Gasteiger partial charge in [0.15, 0.2) is 5.13 Å². The normalized spacial score (nSPS) is 24.3. The topological polar surface area (TPSA) is 86.2 Å². The summed E-state index contributed by atoms with van der Waals surface area (Å²) < 4.78 is 6.41. The Bertz CT molecular complexity index is 1490. The van der Waals surface area contributed by atoms with E-state index < -0.39 is 11.4 Å². The van der Waals surface area contributed by atoms with Gasteiger partial charge in [0, 0.05) is 50.7 Å². The standard InChI is InChI=1S/C33H40N4O4S/c1-21-5-10-29(41-19-24-7-6-23(14-22(24)2)15-36-12-11-35(4)30(38)18-36)27(13-21)28-20-42-32(34-28)37-16-25-8-9-26(17-37)33(25,3)31(39)40/h5-7,10,13-14,20,25-26H,8-9,11-12,15-19H2,1-4H3,(H,39,40). The van der Waals surface area contributed by atoms with Crippen molar-refractivity contribution in [3.05, 3.63) is 64.0 Å². The highest BCUT2D eigenvalue weighted by Crippen LogP contribution is 2.52. The van der Waals surface area contributed by atoms with Crippen molar-refractivity contribution in [1.29, 1.82) is 0 Å². The first-order valence-corrected chi connectivity index (χ1v) is 15.7. The first-order valence-electron chi connectivity index (χ1n) is 14.8. The molecule has 3 aromatic rings. The van der Waals surface area contributed by atoms with Gasteiger partial charge in [0.25, 0.3) is 0 Å². The number of carbonyl (C=O) groups excluding carboxylic acids is 1. The van der Waals surface area contributed by atoms with Gasteiger partial charge in [-0.1, -0.05) is 29.8 Å². The number of aromatic nitrogens is 1. The van der Waals surface area contributed by atoms with Crippen molar-refractivity contribution in [2.24, 2.45) is 17.3 Å². The maximum atomic E-state index is 12.1. The van der Waals surface area contributed by atoms with Gasteiger partial charge in [-0.05, 0) is 74.3 Å². The molecular weight excluding hydrogens is 548 g/mol. The minimum atomic E-state index is -0.660. The molecule has 3 fully saturated rings. The van der Waals surface area contributed by atoms with E-state index in [0.29, 0.717) is 13.2 Å². The number of hydrogen-bond donors (Lipinski definition) is 1. The van der Waals surface area contributed by atoms with Crippen molar-refractivity contribution in [3.8, 4) is 17.0 Å². The fraction of sp³-hybridized carbons (Fsp3) is 0.485. The zero-order valence-corrected chi connectivity index (χ0v) is 25.7. The molecule has 2 saturated heterocycles. The van der Waals surface area contributed by atoms with Crippen LogP contribution in [0.25, 0.3) is 11.3 Å². The van der Waals surface area contributed by atoms with E-state index in [2.05, 4.69) is 59.4 Å². The number of hydrogen-bond acceptors (Lipinski definition) is 7. The summed E-state index contributed by atoms with van der Waals surface area (Å²) in [5.74, 6) is 0.616. The van der Waals surface area contributed by atoms with Crippen molar-refractivity contribution in [3.63, 3.8) is 0 Å². The second kappa shape index (κ2) is 11.3. The fourth-order valence-corrected chi connectivity index (χ4v) is 7.73. The van der Waals surface area contributed by atoms with E-state index in [9.17, 15) is 14.7 Å². The summed E-state index contributed by atoms with van der Waals surface area (Å²) in [6.45, 7) is 11.0. The van der Waals surface area contributed by atoms with Gasteiger partial charge in [0.2, 0.25) is 5.91 Å². The van der Waals surface area contributed by atoms with Crippen LogP contribution in [0.5, 0.6) is 5.75 Å². The number of benzene rings is 2. The molecule has 8 nitrogen and oxygen atoms in total. The van der Waals surface area contributed by atoms with Crippen molar-refractivity contribution in [2.75, 3.05) is 44.7 Å². The van der Waals surface area contributed by atoms with Crippen molar-refractivity contribution in [2.45, 2.75) is 46.8 Å². The molecule has 1 N–H and O–H groups in total. The van der Waals surface area contributed by atoms with Crippen LogP contribution in [0.3, 0.4) is 0 Å². The zero-order valence-electron chi connectivity index (χ0n) is 24.9. The first-order chi connectivity index (χ1) is 20.1. The van der Waals surface area contributed by atoms with Gasteiger partial charge in [-0.25, -0.2) is 4.98 Å². The average molecular weight is 589 g/mol. The van der Waals surface area contributed by atoms with Gasteiger partial charge in [0.05, 0.1) is 17.7 Å². The molecule has 222 valence electrons. The summed E-state index contributed by atoms with van der Waals surface area (Å²) >= 11 is 1.62. The van der Waals surface area contributed by atoms with Gasteiger partial charge in [-0.3, -0.25) is 14.5 Å². The third kappa shape index (κ3) is 5.40. The van der Waals surface area contributed by atoms with Crippen LogP contribution in [0.4, 0.5) is 5.13 Å². The van der Waals surface area contributed by atoms with E-state index in [0.717, 1.165) is 78.8 Å². The molecule has 3 aliphatic rings. The Labute approximate surface area is 251 Å². The number of piperazine rings is 1. The van der Waals surface area contributed by atoms with E-state index in [-0.39, 0.29) is 17.7 Å². The number of thiazole rings is 1. The maximum Gasteiger partial charge on any atom is 0.310 e. The molecule has 6 rings (SSSR count). The lowest BCUT2D eigenvalue weighted by Gasteiger charge is -2.42. The number of anilines is 1. The summed E-state index contributed by atoms with van der Waals surface area (Å²) in [5, 5.41) is 13.0. The number of piperidine rings is 1. The number of carboxylic acids is 1. The van der Waals surface area contributed by atoms with Gasteiger partial charge >= 0.3 is 5.97 Å². The lowest BCUT2D eigenvalue weighted by atomic mass is 9.71. The van der Waals surface area contributed by atoms with E-state index in [4.69, 9.17) is 9.72 Å². The second-order valence-electron chi connectivity index (χ2n) is 12.6. The molecular formula is C33H40N4O4S. The lowest BCUT2D eigenvalue weighted by Crippen LogP contribution is -2.51. The third-order valence-corrected chi connectivity index (χ3v) is 10.7. The number of amides is 1. The summed E-state index contributed by atoms with van der Waals surface area (Å²) in [4.78, 5) is 35.5. The Balaban J connectivity index is 1.14. The monoisotopic (exact) mass is 588 g/mol. The number of likely N-dealkylation sites (N-methyl/N-ethyl adjacent to an activating group) is 1. The molecule has 42 heavy (non-hydrogen) atoms. The van der Waals surface area contributed by atoms with E-state index >= 15 is 0 Å². The molecule has 1 saturated carbocycles. The predicted octanol–water partition coefficient (Wildman–Crippen LogP) is 5.22. The Morgan fingerprint density at radius 1 is 1.12 bits per heavy atom. The molecule has 9 heteroatoms. The number of ether oxygens (including phenoxy) is 1. The molecule has 0 spiro atoms. The van der Waals surface area contributed by atoms with Crippen LogP contribution in [-0.4, -0.2) is 71.5 Å². The van der Waals surface area contributed by atoms with Crippen LogP contribution >= 0.6 is 11.3 Å². The second-order valence-corrected chi connectivity index (χ2v) is 13.4. The fourth-order valence-electron chi connectivity index (χ4n) is 6.89. The summed E-state index contributed by atoms with van der Waals surface area (Å²) in [5.41, 5.74) is 5.88. The van der Waals surface area contributed by atoms with Gasteiger partial charge < -0.3 is 19.6 Å². The van der Waals surface area contributed by atoms with Crippen LogP contribution < -0.4 is 9.64 Å². The number of aryl methyl sites for hydroxylation is 2. The predicted molar refractivity (Wildman–Crippen MR) is 165 cm³/mol. The van der Waals surface area contributed by atoms with Crippen LogP contribution in [-0.2, 0) is 22.7 Å². The molecule has 2 atom stereocenters. The highest BCUT2D eigenvalue weighted by Gasteiger charge is 2.56. The number of carboxylic acid groups (broad SMARTS) is 1. The minimum Gasteiger partial charge on any atom is -0.488 e. The third-order valence-electron chi connectivity index (χ3n) is 9.81. The van der Waals surface area contributed by atoms with Crippen LogP contribution in [0.2, 0.25) is 0 Å². The zero-order chi connectivity index (χ0) is 29.6. The molecule has 1 aliphatic carbocycles. The van der Waals surface area contributed by atoms with Gasteiger partial charge in [-0.2, -0.15) is 0 Å². The maximum absolute atomic E-state index is 12.1. The SMILES string of the molecule is Cc1ccc(OCc2ccc(CN3CCN(C)C(=O)C3)cc2C)c(-c2csc(N3CC4CCC(C3)C4(C)C(=O)O)n2)c1. The van der Waals surface area contributed by atoms with E-state index in [1.165, 1.54) is 11.1 Å². The Morgan fingerprint density at radius 2 is 1.88 bits per heavy atom. The Hall–Kier alpha value is -3.43. The largest absolute Gasteiger partial charge is 0.488 e. The summed E-state index contributed by atoms with van der Waals surface area (Å²) in [7, 11) is 1.86. The quantitative estimate of drug-likeness (QED) is 0.386. The van der Waals surface area contributed by atoms with Crippen LogP contribution in [0.15, 0.2) is 41.8 Å². The number of rotatable bonds is 8. The summed E-state index contributed by atoms with van der Waals surface area (Å²) in [6, 6.07) is 12.7. The lowest BCUT2D eigenvalue weighted by molar-refractivity contribution is -0.153. The Kier molecular flexibility index (Phi) is 7.74. The number of fused-ring (bicyclic) bond motifs is 2. The minimum absolute atomic E-state index is 0.151. The highest BCUT2D eigenvalue weighted by atomic mass is 32.1. The van der Waals surface area contributed by atoms with Gasteiger partial charge in [-0.15, -0.1) is 11.3 Å². The number of aliphatic carboxylic acids is 1.